The lowest BCUT2D eigenvalue weighted by molar-refractivity contribution is -0.140. The summed E-state index contributed by atoms with van der Waals surface area (Å²) in [5.74, 6) is -0.364. The van der Waals surface area contributed by atoms with Crippen LogP contribution in [0.1, 0.15) is 37.5 Å². The molecule has 0 aromatic heterocycles. The van der Waals surface area contributed by atoms with Gasteiger partial charge in [-0.15, -0.1) is 0 Å². The monoisotopic (exact) mass is 661 g/mol. The van der Waals surface area contributed by atoms with Crippen LogP contribution < -0.4 is 14.4 Å². The van der Waals surface area contributed by atoms with E-state index in [0.717, 1.165) is 21.0 Å². The Balaban J connectivity index is 1.81. The molecule has 4 rings (SSSR count). The minimum atomic E-state index is -4.20. The summed E-state index contributed by atoms with van der Waals surface area (Å²) in [6, 6.07) is 28.4. The molecule has 0 saturated heterocycles. The second-order valence-corrected chi connectivity index (χ2v) is 14.4. The predicted molar refractivity (Wildman–Crippen MR) is 183 cm³/mol. The van der Waals surface area contributed by atoms with Gasteiger partial charge in [0, 0.05) is 23.5 Å². The normalized spacial score (nSPS) is 12.2. The van der Waals surface area contributed by atoms with Crippen LogP contribution in [0.2, 0.25) is 5.02 Å². The lowest BCUT2D eigenvalue weighted by Gasteiger charge is -2.35. The summed E-state index contributed by atoms with van der Waals surface area (Å²) >= 11 is 6.15. The van der Waals surface area contributed by atoms with Gasteiger partial charge in [0.15, 0.2) is 0 Å². The second-order valence-electron chi connectivity index (χ2n) is 12.1. The fourth-order valence-electron chi connectivity index (χ4n) is 4.91. The maximum absolute atomic E-state index is 14.5. The maximum atomic E-state index is 14.5. The van der Waals surface area contributed by atoms with Gasteiger partial charge in [-0.05, 0) is 87.4 Å². The third-order valence-electron chi connectivity index (χ3n) is 7.28. The Morgan fingerprint density at radius 1 is 0.848 bits per heavy atom. The zero-order chi connectivity index (χ0) is 33.5. The molecule has 242 valence electrons. The smallest absolute Gasteiger partial charge is 0.264 e. The van der Waals surface area contributed by atoms with E-state index in [2.05, 4.69) is 5.32 Å². The molecular formula is C36H40ClN3O5S. The SMILES string of the molecule is COc1ccc(N(CC(=O)N(Cc2ccc(Cl)cc2)[C@@H](Cc2ccccc2)C(=O)NC(C)(C)C)S(=O)(=O)c2ccc(C)cc2)cc1. The van der Waals surface area contributed by atoms with E-state index in [1.165, 1.54) is 24.1 Å². The van der Waals surface area contributed by atoms with Gasteiger partial charge in [-0.25, -0.2) is 8.42 Å². The van der Waals surface area contributed by atoms with Crippen molar-refractivity contribution in [2.75, 3.05) is 18.0 Å². The molecule has 0 unspecified atom stereocenters. The van der Waals surface area contributed by atoms with E-state index in [-0.39, 0.29) is 29.5 Å². The molecule has 0 fully saturated rings. The van der Waals surface area contributed by atoms with Crippen molar-refractivity contribution in [2.24, 2.45) is 0 Å². The molecule has 0 bridgehead atoms. The van der Waals surface area contributed by atoms with Crippen molar-refractivity contribution in [3.8, 4) is 5.75 Å². The molecule has 46 heavy (non-hydrogen) atoms. The van der Waals surface area contributed by atoms with E-state index in [0.29, 0.717) is 10.8 Å². The Morgan fingerprint density at radius 3 is 2.02 bits per heavy atom. The molecule has 4 aromatic carbocycles. The molecule has 0 radical (unpaired) electrons. The summed E-state index contributed by atoms with van der Waals surface area (Å²) in [4.78, 5) is 30.0. The van der Waals surface area contributed by atoms with Gasteiger partial charge >= 0.3 is 0 Å². The van der Waals surface area contributed by atoms with E-state index in [1.54, 1.807) is 60.7 Å². The van der Waals surface area contributed by atoms with Crippen LogP contribution in [-0.2, 0) is 32.6 Å². The van der Waals surface area contributed by atoms with Gasteiger partial charge in [0.25, 0.3) is 10.0 Å². The van der Waals surface area contributed by atoms with Crippen LogP contribution in [0.3, 0.4) is 0 Å². The Labute approximate surface area is 277 Å². The molecule has 1 N–H and O–H groups in total. The van der Waals surface area contributed by atoms with Crippen molar-refractivity contribution >= 4 is 39.1 Å². The van der Waals surface area contributed by atoms with Crippen LogP contribution in [0.4, 0.5) is 5.69 Å². The summed E-state index contributed by atoms with van der Waals surface area (Å²) < 4.78 is 34.7. The number of sulfonamides is 1. The molecule has 2 amide bonds. The topological polar surface area (TPSA) is 96.0 Å². The summed E-state index contributed by atoms with van der Waals surface area (Å²) in [5.41, 5.74) is 2.18. The van der Waals surface area contributed by atoms with Gasteiger partial charge in [0.1, 0.15) is 18.3 Å². The first-order chi connectivity index (χ1) is 21.8. The fraction of sp³-hybridized carbons (Fsp3) is 0.278. The number of nitrogens with zero attached hydrogens (tertiary/aromatic N) is 2. The number of benzene rings is 4. The summed E-state index contributed by atoms with van der Waals surface area (Å²) in [5, 5.41) is 3.56. The number of carbonyl (C=O) groups excluding carboxylic acids is 2. The van der Waals surface area contributed by atoms with Crippen molar-refractivity contribution in [3.05, 3.63) is 125 Å². The summed E-state index contributed by atoms with van der Waals surface area (Å²) in [7, 11) is -2.69. The number of nitrogens with one attached hydrogen (secondary N) is 1. The molecule has 0 aliphatic rings. The highest BCUT2D eigenvalue weighted by Crippen LogP contribution is 2.27. The standard InChI is InChI=1S/C36H40ClN3O5S/c1-26-11-21-32(22-12-26)46(43,44)40(30-17-19-31(45-5)20-18-30)25-34(41)39(24-28-13-15-29(37)16-14-28)33(35(42)38-36(2,3)4)23-27-9-7-6-8-10-27/h6-22,33H,23-25H2,1-5H3,(H,38,42)/t33-/m0/s1. The van der Waals surface area contributed by atoms with Crippen molar-refractivity contribution in [1.82, 2.24) is 10.2 Å². The van der Waals surface area contributed by atoms with Crippen molar-refractivity contribution in [1.29, 1.82) is 0 Å². The number of aryl methyl sites for hydroxylation is 1. The van der Waals surface area contributed by atoms with Crippen LogP contribution in [0, 0.1) is 6.92 Å². The summed E-state index contributed by atoms with van der Waals surface area (Å²) in [6.45, 7) is 6.97. The molecule has 4 aromatic rings. The average molecular weight is 662 g/mol. The number of amides is 2. The van der Waals surface area contributed by atoms with E-state index < -0.39 is 34.1 Å². The summed E-state index contributed by atoms with van der Waals surface area (Å²) in [6.07, 6.45) is 0.218. The molecule has 0 spiro atoms. The molecular weight excluding hydrogens is 622 g/mol. The zero-order valence-corrected chi connectivity index (χ0v) is 28.3. The van der Waals surface area contributed by atoms with Gasteiger partial charge in [-0.2, -0.15) is 0 Å². The number of ether oxygens (including phenoxy) is 1. The van der Waals surface area contributed by atoms with Gasteiger partial charge in [0.05, 0.1) is 17.7 Å². The number of hydrogen-bond donors (Lipinski definition) is 1. The quantitative estimate of drug-likeness (QED) is 0.189. The third-order valence-corrected chi connectivity index (χ3v) is 9.32. The molecule has 0 aliphatic heterocycles. The predicted octanol–water partition coefficient (Wildman–Crippen LogP) is 6.41. The molecule has 10 heteroatoms. The number of rotatable bonds is 12. The molecule has 1 atom stereocenters. The number of hydrogen-bond acceptors (Lipinski definition) is 5. The number of carbonyl (C=O) groups is 2. The van der Waals surface area contributed by atoms with Gasteiger partial charge in [0.2, 0.25) is 11.8 Å². The number of methoxy groups -OCH3 is 1. The molecule has 8 nitrogen and oxygen atoms in total. The van der Waals surface area contributed by atoms with Crippen LogP contribution in [-0.4, -0.2) is 50.4 Å². The lowest BCUT2D eigenvalue weighted by atomic mass is 10.0. The van der Waals surface area contributed by atoms with Crippen LogP contribution in [0.15, 0.2) is 108 Å². The molecule has 0 saturated carbocycles. The zero-order valence-electron chi connectivity index (χ0n) is 26.7. The first-order valence-corrected chi connectivity index (χ1v) is 16.7. The first-order valence-electron chi connectivity index (χ1n) is 14.9. The third kappa shape index (κ3) is 9.11. The van der Waals surface area contributed by atoms with Gasteiger partial charge in [-0.1, -0.05) is 71.8 Å². The Morgan fingerprint density at radius 2 is 1.46 bits per heavy atom. The van der Waals surface area contributed by atoms with Crippen molar-refractivity contribution in [2.45, 2.75) is 57.1 Å². The second kappa shape index (κ2) is 14.8. The van der Waals surface area contributed by atoms with Gasteiger partial charge in [-0.3, -0.25) is 13.9 Å². The van der Waals surface area contributed by atoms with Gasteiger partial charge < -0.3 is 15.0 Å². The highest BCUT2D eigenvalue weighted by molar-refractivity contribution is 7.92. The first kappa shape index (κ1) is 34.5. The molecule has 0 aliphatic carbocycles. The number of halogens is 1. The highest BCUT2D eigenvalue weighted by Gasteiger charge is 2.35. The molecule has 0 heterocycles. The maximum Gasteiger partial charge on any atom is 0.264 e. The van der Waals surface area contributed by atoms with Crippen LogP contribution in [0.5, 0.6) is 5.75 Å². The minimum absolute atomic E-state index is 0.0391. The van der Waals surface area contributed by atoms with E-state index >= 15 is 0 Å². The Bertz CT molecular complexity index is 1720. The lowest BCUT2D eigenvalue weighted by Crippen LogP contribution is -2.56. The van der Waals surface area contributed by atoms with Crippen molar-refractivity contribution < 1.29 is 22.7 Å². The van der Waals surface area contributed by atoms with Crippen molar-refractivity contribution in [3.63, 3.8) is 0 Å². The fourth-order valence-corrected chi connectivity index (χ4v) is 6.45. The van der Waals surface area contributed by atoms with E-state index in [9.17, 15) is 18.0 Å². The average Bonchev–Trinajstić information content (AvgIpc) is 3.02. The van der Waals surface area contributed by atoms with Crippen LogP contribution in [0.25, 0.3) is 0 Å². The van der Waals surface area contributed by atoms with E-state index in [1.807, 2.05) is 58.0 Å². The highest BCUT2D eigenvalue weighted by atomic mass is 35.5. The van der Waals surface area contributed by atoms with Crippen LogP contribution >= 0.6 is 11.6 Å². The minimum Gasteiger partial charge on any atom is -0.497 e. The number of anilines is 1. The van der Waals surface area contributed by atoms with E-state index in [4.69, 9.17) is 16.3 Å². The Kier molecular flexibility index (Phi) is 11.1. The largest absolute Gasteiger partial charge is 0.497 e. The Hall–Kier alpha value is -4.34.